The predicted octanol–water partition coefficient (Wildman–Crippen LogP) is 2.22. The van der Waals surface area contributed by atoms with Crippen LogP contribution in [0.15, 0.2) is 24.3 Å². The maximum atomic E-state index is 11.3. The van der Waals surface area contributed by atoms with E-state index in [1.54, 1.807) is 6.07 Å². The lowest BCUT2D eigenvalue weighted by Gasteiger charge is -2.18. The highest BCUT2D eigenvalue weighted by molar-refractivity contribution is 7.93. The van der Waals surface area contributed by atoms with Gasteiger partial charge in [0.2, 0.25) is 10.0 Å². The SMILES string of the molecule is O=S(=O)(CCl)Nc1cccc(N2CCCC2)c1. The number of halogens is 1. The van der Waals surface area contributed by atoms with Gasteiger partial charge in [-0.25, -0.2) is 8.42 Å². The largest absolute Gasteiger partial charge is 0.371 e. The van der Waals surface area contributed by atoms with Gasteiger partial charge in [0.25, 0.3) is 0 Å². The van der Waals surface area contributed by atoms with E-state index in [2.05, 4.69) is 9.62 Å². The zero-order chi connectivity index (χ0) is 12.3. The highest BCUT2D eigenvalue weighted by Crippen LogP contribution is 2.23. The number of rotatable bonds is 4. The molecule has 0 amide bonds. The third-order valence-corrected chi connectivity index (χ3v) is 4.43. The van der Waals surface area contributed by atoms with Gasteiger partial charge in [-0.3, -0.25) is 4.72 Å². The van der Waals surface area contributed by atoms with Crippen molar-refractivity contribution in [3.05, 3.63) is 24.3 Å². The molecule has 94 valence electrons. The Morgan fingerprint density at radius 1 is 1.29 bits per heavy atom. The normalized spacial score (nSPS) is 16.2. The quantitative estimate of drug-likeness (QED) is 0.857. The van der Waals surface area contributed by atoms with Gasteiger partial charge in [0, 0.05) is 18.8 Å². The van der Waals surface area contributed by atoms with Gasteiger partial charge >= 0.3 is 0 Å². The molecule has 1 aromatic rings. The van der Waals surface area contributed by atoms with Crippen LogP contribution in [-0.4, -0.2) is 26.7 Å². The summed E-state index contributed by atoms with van der Waals surface area (Å²) < 4.78 is 25.1. The van der Waals surface area contributed by atoms with E-state index in [4.69, 9.17) is 11.6 Å². The fourth-order valence-corrected chi connectivity index (χ4v) is 2.65. The van der Waals surface area contributed by atoms with Gasteiger partial charge in [-0.15, -0.1) is 11.6 Å². The first-order valence-corrected chi connectivity index (χ1v) is 7.71. The van der Waals surface area contributed by atoms with Crippen LogP contribution in [0.2, 0.25) is 0 Å². The summed E-state index contributed by atoms with van der Waals surface area (Å²) in [4.78, 5) is 2.25. The van der Waals surface area contributed by atoms with Gasteiger partial charge in [-0.1, -0.05) is 6.07 Å². The van der Waals surface area contributed by atoms with Crippen molar-refractivity contribution in [1.82, 2.24) is 0 Å². The van der Waals surface area contributed by atoms with Crippen molar-refractivity contribution in [3.8, 4) is 0 Å². The highest BCUT2D eigenvalue weighted by Gasteiger charge is 2.13. The molecular weight excluding hydrogens is 260 g/mol. The van der Waals surface area contributed by atoms with E-state index in [-0.39, 0.29) is 0 Å². The Morgan fingerprint density at radius 3 is 2.65 bits per heavy atom. The number of sulfonamides is 1. The Bertz CT molecular complexity index is 484. The fraction of sp³-hybridized carbons (Fsp3) is 0.455. The number of benzene rings is 1. The minimum Gasteiger partial charge on any atom is -0.371 e. The van der Waals surface area contributed by atoms with Gasteiger partial charge < -0.3 is 4.90 Å². The number of anilines is 2. The van der Waals surface area contributed by atoms with E-state index in [0.29, 0.717) is 5.69 Å². The van der Waals surface area contributed by atoms with Crippen molar-refractivity contribution in [1.29, 1.82) is 0 Å². The molecule has 6 heteroatoms. The molecule has 4 nitrogen and oxygen atoms in total. The zero-order valence-corrected chi connectivity index (χ0v) is 11.0. The minimum atomic E-state index is -3.42. The van der Waals surface area contributed by atoms with Gasteiger partial charge in [-0.2, -0.15) is 0 Å². The molecule has 1 aliphatic heterocycles. The molecule has 0 atom stereocenters. The summed E-state index contributed by atoms with van der Waals surface area (Å²) in [5, 5.41) is -0.430. The molecule has 1 heterocycles. The van der Waals surface area contributed by atoms with Crippen molar-refractivity contribution in [3.63, 3.8) is 0 Å². The maximum absolute atomic E-state index is 11.3. The predicted molar refractivity (Wildman–Crippen MR) is 71.2 cm³/mol. The average Bonchev–Trinajstić information content (AvgIpc) is 2.82. The van der Waals surface area contributed by atoms with Crippen LogP contribution in [0.4, 0.5) is 11.4 Å². The van der Waals surface area contributed by atoms with Crippen LogP contribution >= 0.6 is 11.6 Å². The van der Waals surface area contributed by atoms with Crippen LogP contribution in [0.3, 0.4) is 0 Å². The Balaban J connectivity index is 2.16. The first kappa shape index (κ1) is 12.5. The first-order chi connectivity index (χ1) is 8.11. The van der Waals surface area contributed by atoms with Crippen LogP contribution in [-0.2, 0) is 10.0 Å². The van der Waals surface area contributed by atoms with Crippen molar-refractivity contribution in [2.45, 2.75) is 12.8 Å². The third-order valence-electron chi connectivity index (χ3n) is 2.73. The van der Waals surface area contributed by atoms with Gasteiger partial charge in [-0.05, 0) is 31.0 Å². The molecule has 1 aliphatic rings. The standard InChI is InChI=1S/C11H15ClN2O2S/c12-9-17(15,16)13-10-4-3-5-11(8-10)14-6-1-2-7-14/h3-5,8,13H,1-2,6-7,9H2. The van der Waals surface area contributed by atoms with Crippen LogP contribution in [0.25, 0.3) is 0 Å². The van der Waals surface area contributed by atoms with Crippen molar-refractivity contribution < 1.29 is 8.42 Å². The van der Waals surface area contributed by atoms with E-state index < -0.39 is 15.2 Å². The molecule has 1 fully saturated rings. The van der Waals surface area contributed by atoms with Crippen LogP contribution in [0, 0.1) is 0 Å². The van der Waals surface area contributed by atoms with Crippen LogP contribution < -0.4 is 9.62 Å². The van der Waals surface area contributed by atoms with Crippen molar-refractivity contribution in [2.75, 3.05) is 27.9 Å². The minimum absolute atomic E-state index is 0.430. The number of hydrogen-bond acceptors (Lipinski definition) is 3. The van der Waals surface area contributed by atoms with Crippen molar-refractivity contribution in [2.24, 2.45) is 0 Å². The molecule has 1 aromatic carbocycles. The van der Waals surface area contributed by atoms with Gasteiger partial charge in [0.1, 0.15) is 5.21 Å². The Hall–Kier alpha value is -0.940. The molecule has 0 aliphatic carbocycles. The lowest BCUT2D eigenvalue weighted by atomic mass is 10.2. The van der Waals surface area contributed by atoms with E-state index in [0.717, 1.165) is 18.8 Å². The summed E-state index contributed by atoms with van der Waals surface area (Å²) in [7, 11) is -3.42. The lowest BCUT2D eigenvalue weighted by Crippen LogP contribution is -2.18. The van der Waals surface area contributed by atoms with Crippen molar-refractivity contribution >= 4 is 33.0 Å². The summed E-state index contributed by atoms with van der Waals surface area (Å²) in [5.41, 5.74) is 1.62. The topological polar surface area (TPSA) is 49.4 Å². The van der Waals surface area contributed by atoms with Gasteiger partial charge in [0.15, 0.2) is 0 Å². The smallest absolute Gasteiger partial charge is 0.246 e. The zero-order valence-electron chi connectivity index (χ0n) is 9.39. The molecule has 1 N–H and O–H groups in total. The number of nitrogens with zero attached hydrogens (tertiary/aromatic N) is 1. The molecule has 1 saturated heterocycles. The number of alkyl halides is 1. The molecule has 0 aromatic heterocycles. The summed E-state index contributed by atoms with van der Waals surface area (Å²) in [6.07, 6.45) is 2.38. The van der Waals surface area contributed by atoms with E-state index in [1.165, 1.54) is 12.8 Å². The molecular formula is C11H15ClN2O2S. The molecule has 0 bridgehead atoms. The first-order valence-electron chi connectivity index (χ1n) is 5.52. The molecule has 17 heavy (non-hydrogen) atoms. The second-order valence-electron chi connectivity index (χ2n) is 4.07. The summed E-state index contributed by atoms with van der Waals surface area (Å²) in [5.74, 6) is 0. The highest BCUT2D eigenvalue weighted by atomic mass is 35.5. The van der Waals surface area contributed by atoms with E-state index in [9.17, 15) is 8.42 Å². The average molecular weight is 275 g/mol. The Kier molecular flexibility index (Phi) is 3.79. The Labute approximate surface area is 107 Å². The number of nitrogens with one attached hydrogen (secondary N) is 1. The molecule has 2 rings (SSSR count). The third kappa shape index (κ3) is 3.26. The van der Waals surface area contributed by atoms with E-state index >= 15 is 0 Å². The molecule has 0 radical (unpaired) electrons. The van der Waals surface area contributed by atoms with E-state index in [1.807, 2.05) is 18.2 Å². The van der Waals surface area contributed by atoms with Crippen LogP contribution in [0.5, 0.6) is 0 Å². The molecule has 0 spiro atoms. The number of hydrogen-bond donors (Lipinski definition) is 1. The molecule has 0 saturated carbocycles. The van der Waals surface area contributed by atoms with Crippen LogP contribution in [0.1, 0.15) is 12.8 Å². The maximum Gasteiger partial charge on any atom is 0.246 e. The van der Waals surface area contributed by atoms with Gasteiger partial charge in [0.05, 0.1) is 5.69 Å². The summed E-state index contributed by atoms with van der Waals surface area (Å²) >= 11 is 5.35. The lowest BCUT2D eigenvalue weighted by molar-refractivity contribution is 0.605. The molecule has 0 unspecified atom stereocenters. The Morgan fingerprint density at radius 2 is 2.00 bits per heavy atom. The summed E-state index contributed by atoms with van der Waals surface area (Å²) in [6, 6.07) is 7.41. The monoisotopic (exact) mass is 274 g/mol. The second kappa shape index (κ2) is 5.14. The summed E-state index contributed by atoms with van der Waals surface area (Å²) in [6.45, 7) is 2.07. The fourth-order valence-electron chi connectivity index (χ4n) is 1.95. The second-order valence-corrected chi connectivity index (χ2v) is 6.38.